The summed E-state index contributed by atoms with van der Waals surface area (Å²) >= 11 is 0. The molecule has 0 aliphatic carbocycles. The summed E-state index contributed by atoms with van der Waals surface area (Å²) in [5.41, 5.74) is -0.523. The first-order valence-electron chi connectivity index (χ1n) is 10.5. The zero-order chi connectivity index (χ0) is 26.2. The lowest BCUT2D eigenvalue weighted by molar-refractivity contribution is -0.138. The Kier molecular flexibility index (Phi) is 9.32. The van der Waals surface area contributed by atoms with Crippen LogP contribution in [0.4, 0.5) is 18.9 Å². The van der Waals surface area contributed by atoms with Gasteiger partial charge in [-0.15, -0.1) is 0 Å². The van der Waals surface area contributed by atoms with Gasteiger partial charge in [0.25, 0.3) is 11.8 Å². The largest absolute Gasteiger partial charge is 0.484 e. The third-order valence-electron chi connectivity index (χ3n) is 4.71. The van der Waals surface area contributed by atoms with Crippen molar-refractivity contribution in [1.82, 2.24) is 10.5 Å². The summed E-state index contributed by atoms with van der Waals surface area (Å²) in [7, 11) is 1.46. The number of hydrogen-bond acceptors (Lipinski definition) is 6. The molecular formula is C23H26F3N5O4. The minimum absolute atomic E-state index is 0.0310. The average molecular weight is 493 g/mol. The topological polar surface area (TPSA) is 118 Å². The van der Waals surface area contributed by atoms with Crippen LogP contribution in [0.3, 0.4) is 0 Å². The van der Waals surface area contributed by atoms with Crippen molar-refractivity contribution in [2.45, 2.75) is 46.3 Å². The normalized spacial score (nSPS) is 13.6. The van der Waals surface area contributed by atoms with E-state index in [1.165, 1.54) is 38.6 Å². The number of benzene rings is 1. The minimum atomic E-state index is -4.55. The molecule has 2 amide bonds. The summed E-state index contributed by atoms with van der Waals surface area (Å²) < 4.78 is 49.3. The van der Waals surface area contributed by atoms with Gasteiger partial charge in [0.2, 0.25) is 5.76 Å². The second kappa shape index (κ2) is 12.0. The number of allylic oxidation sites excluding steroid dienone is 1. The highest BCUT2D eigenvalue weighted by molar-refractivity contribution is 6.02. The molecule has 0 saturated carbocycles. The monoisotopic (exact) mass is 493 g/mol. The molecule has 0 radical (unpaired) electrons. The number of aliphatic imine (C=N–C) groups is 2. The molecular weight excluding hydrogens is 467 g/mol. The number of ether oxygens (including phenoxy) is 1. The fourth-order valence-corrected chi connectivity index (χ4v) is 2.76. The van der Waals surface area contributed by atoms with Gasteiger partial charge in [-0.25, -0.2) is 9.98 Å². The molecule has 2 aromatic rings. The zero-order valence-electron chi connectivity index (χ0n) is 19.9. The van der Waals surface area contributed by atoms with Crippen molar-refractivity contribution >= 4 is 29.7 Å². The summed E-state index contributed by atoms with van der Waals surface area (Å²) in [4.78, 5) is 33.0. The van der Waals surface area contributed by atoms with E-state index in [0.29, 0.717) is 12.3 Å². The van der Waals surface area contributed by atoms with Crippen molar-refractivity contribution in [2.24, 2.45) is 9.98 Å². The number of hydrogen-bond donors (Lipinski definition) is 2. The Morgan fingerprint density at radius 3 is 2.63 bits per heavy atom. The molecule has 2 N–H and O–H groups in total. The lowest BCUT2D eigenvalue weighted by Gasteiger charge is -2.12. The molecule has 1 aromatic heterocycles. The summed E-state index contributed by atoms with van der Waals surface area (Å²) in [6.45, 7) is 6.41. The van der Waals surface area contributed by atoms with Gasteiger partial charge in [-0.05, 0) is 38.0 Å². The predicted octanol–water partition coefficient (Wildman–Crippen LogP) is 4.82. The van der Waals surface area contributed by atoms with Crippen molar-refractivity contribution in [3.8, 4) is 0 Å². The van der Waals surface area contributed by atoms with E-state index in [4.69, 9.17) is 9.26 Å². The van der Waals surface area contributed by atoms with Crippen LogP contribution in [0.25, 0.3) is 0 Å². The van der Waals surface area contributed by atoms with Crippen LogP contribution in [0, 0.1) is 6.92 Å². The molecule has 188 valence electrons. The molecule has 1 aromatic carbocycles. The van der Waals surface area contributed by atoms with Gasteiger partial charge >= 0.3 is 6.18 Å². The summed E-state index contributed by atoms with van der Waals surface area (Å²) in [5.74, 6) is -1.16. The number of aromatic nitrogens is 1. The van der Waals surface area contributed by atoms with Crippen LogP contribution in [0.15, 0.2) is 50.5 Å². The van der Waals surface area contributed by atoms with Crippen molar-refractivity contribution < 1.29 is 32.0 Å². The highest BCUT2D eigenvalue weighted by Crippen LogP contribution is 2.33. The van der Waals surface area contributed by atoms with Gasteiger partial charge in [-0.2, -0.15) is 13.2 Å². The number of rotatable bonds is 8. The maximum Gasteiger partial charge on any atom is 0.416 e. The molecule has 1 atom stereocenters. The summed E-state index contributed by atoms with van der Waals surface area (Å²) in [5, 5.41) is 8.82. The first kappa shape index (κ1) is 27.3. The van der Waals surface area contributed by atoms with E-state index in [1.807, 2.05) is 6.92 Å². The second-order valence-electron chi connectivity index (χ2n) is 7.39. The molecule has 9 nitrogen and oxygen atoms in total. The Balaban J connectivity index is 2.09. The molecule has 1 unspecified atom stereocenters. The van der Waals surface area contributed by atoms with Gasteiger partial charge in [-0.3, -0.25) is 9.59 Å². The number of aryl methyl sites for hydroxylation is 1. The van der Waals surface area contributed by atoms with Gasteiger partial charge < -0.3 is 19.9 Å². The number of halogens is 3. The maximum absolute atomic E-state index is 13.1. The lowest BCUT2D eigenvalue weighted by Crippen LogP contribution is -2.27. The molecule has 12 heteroatoms. The minimum Gasteiger partial charge on any atom is -0.484 e. The molecule has 0 aliphatic heterocycles. The third-order valence-corrected chi connectivity index (χ3v) is 4.71. The van der Waals surface area contributed by atoms with Crippen molar-refractivity contribution in [1.29, 1.82) is 0 Å². The average Bonchev–Trinajstić information content (AvgIpc) is 3.29. The number of amides is 2. The number of carbonyl (C=O) groups excluding carboxylic acids is 2. The Labute approximate surface area is 200 Å². The van der Waals surface area contributed by atoms with E-state index in [2.05, 4.69) is 25.8 Å². The summed E-state index contributed by atoms with van der Waals surface area (Å²) in [6.07, 6.45) is -1.21. The zero-order valence-corrected chi connectivity index (χ0v) is 19.9. The van der Waals surface area contributed by atoms with E-state index in [9.17, 15) is 22.8 Å². The Morgan fingerprint density at radius 1 is 1.29 bits per heavy atom. The van der Waals surface area contributed by atoms with Gasteiger partial charge in [0.05, 0.1) is 18.7 Å². The predicted molar refractivity (Wildman–Crippen MR) is 124 cm³/mol. The van der Waals surface area contributed by atoms with Crippen molar-refractivity contribution in [3.05, 3.63) is 58.6 Å². The molecule has 0 aliphatic rings. The van der Waals surface area contributed by atoms with Crippen LogP contribution >= 0.6 is 0 Å². The quantitative estimate of drug-likeness (QED) is 0.311. The number of nitrogens with one attached hydrogen (secondary N) is 2. The standard InChI is InChI=1S/C23H26F3N5O4/c1-6-7-18(28-12-27-15(4)34-5)21(32)29-14(3)19-11-20(35-31-19)22(33)30-16-9-8-13(2)17(10-16)23(24,25)26/h7-12,14H,6H2,1-5H3,(H,29,32)(H,30,33)/b18-7+,27-15+,28-12-. The van der Waals surface area contributed by atoms with E-state index in [0.717, 1.165) is 6.07 Å². The van der Waals surface area contributed by atoms with Gasteiger partial charge in [0.15, 0.2) is 5.90 Å². The van der Waals surface area contributed by atoms with Crippen LogP contribution in [0.5, 0.6) is 0 Å². The van der Waals surface area contributed by atoms with Crippen molar-refractivity contribution in [3.63, 3.8) is 0 Å². The number of anilines is 1. The highest BCUT2D eigenvalue weighted by atomic mass is 19.4. The van der Waals surface area contributed by atoms with Crippen LogP contribution in [-0.2, 0) is 15.7 Å². The number of methoxy groups -OCH3 is 1. The van der Waals surface area contributed by atoms with Crippen LogP contribution in [-0.4, -0.2) is 36.3 Å². The third kappa shape index (κ3) is 7.80. The number of nitrogens with zero attached hydrogens (tertiary/aromatic N) is 3. The molecule has 0 saturated heterocycles. The fourth-order valence-electron chi connectivity index (χ4n) is 2.76. The van der Waals surface area contributed by atoms with E-state index < -0.39 is 29.6 Å². The first-order valence-corrected chi connectivity index (χ1v) is 10.5. The van der Waals surface area contributed by atoms with E-state index in [-0.39, 0.29) is 28.4 Å². The van der Waals surface area contributed by atoms with Crippen LogP contribution < -0.4 is 10.6 Å². The Bertz CT molecular complexity index is 1150. The van der Waals surface area contributed by atoms with Crippen molar-refractivity contribution in [2.75, 3.05) is 12.4 Å². The van der Waals surface area contributed by atoms with Crippen LogP contribution in [0.2, 0.25) is 0 Å². The Morgan fingerprint density at radius 2 is 2.00 bits per heavy atom. The molecule has 0 bridgehead atoms. The van der Waals surface area contributed by atoms with Gasteiger partial charge in [0, 0.05) is 18.7 Å². The van der Waals surface area contributed by atoms with E-state index >= 15 is 0 Å². The first-order chi connectivity index (χ1) is 16.5. The highest BCUT2D eigenvalue weighted by Gasteiger charge is 2.32. The maximum atomic E-state index is 13.1. The molecule has 2 rings (SSSR count). The van der Waals surface area contributed by atoms with E-state index in [1.54, 1.807) is 19.9 Å². The second-order valence-corrected chi connectivity index (χ2v) is 7.39. The molecule has 35 heavy (non-hydrogen) atoms. The molecule has 0 fully saturated rings. The van der Waals surface area contributed by atoms with Crippen LogP contribution in [0.1, 0.15) is 60.6 Å². The molecule has 0 spiro atoms. The lowest BCUT2D eigenvalue weighted by atomic mass is 10.1. The Hall–Kier alpha value is -3.96. The number of carbonyl (C=O) groups is 2. The summed E-state index contributed by atoms with van der Waals surface area (Å²) in [6, 6.07) is 4.07. The fraction of sp³-hybridized carbons (Fsp3) is 0.348. The SMILES string of the molecule is CC/C=C(/N=C\N=C(/C)OC)C(=O)NC(C)c1cc(C(=O)Nc2ccc(C)c(C(F)(F)F)c2)on1. The van der Waals surface area contributed by atoms with Gasteiger partial charge in [-0.1, -0.05) is 24.2 Å². The molecule has 1 heterocycles. The smallest absolute Gasteiger partial charge is 0.416 e. The number of alkyl halides is 3. The van der Waals surface area contributed by atoms with Gasteiger partial charge in [0.1, 0.15) is 17.7 Å².